The minimum atomic E-state index is -0.143. The lowest BCUT2D eigenvalue weighted by atomic mass is 10.3. The van der Waals surface area contributed by atoms with Crippen molar-refractivity contribution in [2.24, 2.45) is 0 Å². The van der Waals surface area contributed by atoms with E-state index in [0.717, 1.165) is 25.3 Å². The van der Waals surface area contributed by atoms with Gasteiger partial charge in [-0.1, -0.05) is 0 Å². The molecule has 0 aromatic carbocycles. The third-order valence-electron chi connectivity index (χ3n) is 2.27. The van der Waals surface area contributed by atoms with E-state index in [1.807, 2.05) is 19.9 Å². The van der Waals surface area contributed by atoms with E-state index in [1.165, 1.54) is 0 Å². The van der Waals surface area contributed by atoms with E-state index in [2.05, 4.69) is 15.6 Å². The number of rotatable bonds is 7. The molecule has 5 nitrogen and oxygen atoms in total. The number of anilines is 1. The molecule has 0 atom stereocenters. The highest BCUT2D eigenvalue weighted by atomic mass is 16.5. The molecule has 1 rings (SSSR count). The molecule has 0 fully saturated rings. The second-order valence-electron chi connectivity index (χ2n) is 4.33. The molecule has 1 amide bonds. The van der Waals surface area contributed by atoms with Crippen molar-refractivity contribution in [3.05, 3.63) is 24.0 Å². The number of nitrogens with one attached hydrogen (secondary N) is 2. The number of amides is 1. The maximum atomic E-state index is 11.7. The van der Waals surface area contributed by atoms with Gasteiger partial charge in [0.15, 0.2) is 0 Å². The molecule has 1 heterocycles. The van der Waals surface area contributed by atoms with Crippen LogP contribution in [0.25, 0.3) is 0 Å². The van der Waals surface area contributed by atoms with Crippen LogP contribution in [0.3, 0.4) is 0 Å². The zero-order valence-electron chi connectivity index (χ0n) is 11.2. The van der Waals surface area contributed by atoms with Gasteiger partial charge >= 0.3 is 0 Å². The predicted molar refractivity (Wildman–Crippen MR) is 71.8 cm³/mol. The minimum Gasteiger partial charge on any atom is -0.385 e. The first kappa shape index (κ1) is 14.4. The summed E-state index contributed by atoms with van der Waals surface area (Å²) < 4.78 is 4.96. The molecule has 0 bridgehead atoms. The van der Waals surface area contributed by atoms with Crippen molar-refractivity contribution in [1.29, 1.82) is 0 Å². The van der Waals surface area contributed by atoms with E-state index < -0.39 is 0 Å². The fourth-order valence-corrected chi connectivity index (χ4v) is 1.42. The quantitative estimate of drug-likeness (QED) is 0.724. The zero-order valence-corrected chi connectivity index (χ0v) is 11.2. The van der Waals surface area contributed by atoms with Crippen molar-refractivity contribution in [3.63, 3.8) is 0 Å². The van der Waals surface area contributed by atoms with Crippen LogP contribution in [-0.4, -0.2) is 37.2 Å². The van der Waals surface area contributed by atoms with Crippen LogP contribution in [0.5, 0.6) is 0 Å². The smallest absolute Gasteiger partial charge is 0.270 e. The molecular formula is C13H21N3O2. The number of ether oxygens (including phenoxy) is 1. The van der Waals surface area contributed by atoms with Gasteiger partial charge in [-0.15, -0.1) is 0 Å². The van der Waals surface area contributed by atoms with Crippen LogP contribution in [0.1, 0.15) is 30.8 Å². The summed E-state index contributed by atoms with van der Waals surface area (Å²) in [5.41, 5.74) is 1.35. The fraction of sp³-hybridized carbons (Fsp3) is 0.538. The molecule has 0 saturated heterocycles. The van der Waals surface area contributed by atoms with Crippen molar-refractivity contribution >= 4 is 11.6 Å². The molecule has 0 aliphatic carbocycles. The number of aromatic nitrogens is 1. The van der Waals surface area contributed by atoms with Gasteiger partial charge in [-0.25, -0.2) is 4.98 Å². The average Bonchev–Trinajstić information content (AvgIpc) is 2.34. The van der Waals surface area contributed by atoms with Crippen LogP contribution in [0.15, 0.2) is 18.3 Å². The van der Waals surface area contributed by atoms with E-state index in [0.29, 0.717) is 5.69 Å². The normalized spacial score (nSPS) is 10.4. The molecule has 1 aromatic rings. The summed E-state index contributed by atoms with van der Waals surface area (Å²) in [4.78, 5) is 15.8. The zero-order chi connectivity index (χ0) is 13.4. The van der Waals surface area contributed by atoms with Gasteiger partial charge in [0, 0.05) is 26.3 Å². The molecule has 5 heteroatoms. The van der Waals surface area contributed by atoms with Gasteiger partial charge in [-0.2, -0.15) is 0 Å². The molecule has 100 valence electrons. The lowest BCUT2D eigenvalue weighted by Gasteiger charge is -2.09. The molecule has 0 spiro atoms. The number of carbonyl (C=O) groups is 1. The highest BCUT2D eigenvalue weighted by Crippen LogP contribution is 2.06. The highest BCUT2D eigenvalue weighted by molar-refractivity contribution is 5.92. The number of methoxy groups -OCH3 is 1. The maximum Gasteiger partial charge on any atom is 0.270 e. The Hall–Kier alpha value is -1.62. The van der Waals surface area contributed by atoms with E-state index in [9.17, 15) is 4.79 Å². The molecule has 18 heavy (non-hydrogen) atoms. The van der Waals surface area contributed by atoms with E-state index >= 15 is 0 Å². The van der Waals surface area contributed by atoms with Crippen LogP contribution in [-0.2, 0) is 4.74 Å². The molecule has 0 saturated carbocycles. The van der Waals surface area contributed by atoms with Gasteiger partial charge in [0.1, 0.15) is 5.69 Å². The Morgan fingerprint density at radius 3 is 2.78 bits per heavy atom. The van der Waals surface area contributed by atoms with Crippen molar-refractivity contribution in [3.8, 4) is 0 Å². The predicted octanol–water partition coefficient (Wildman–Crippen LogP) is 1.67. The summed E-state index contributed by atoms with van der Waals surface area (Å²) in [5.74, 6) is -0.143. The molecule has 1 aromatic heterocycles. The van der Waals surface area contributed by atoms with Gasteiger partial charge in [0.05, 0.1) is 11.9 Å². The summed E-state index contributed by atoms with van der Waals surface area (Å²) in [6.07, 6.45) is 2.61. The Balaban J connectivity index is 2.44. The second-order valence-corrected chi connectivity index (χ2v) is 4.33. The third-order valence-corrected chi connectivity index (χ3v) is 2.27. The van der Waals surface area contributed by atoms with Gasteiger partial charge in [-0.3, -0.25) is 4.79 Å². The Bertz CT molecular complexity index is 363. The van der Waals surface area contributed by atoms with Crippen LogP contribution < -0.4 is 10.6 Å². The Labute approximate surface area is 108 Å². The number of carbonyl (C=O) groups excluding carboxylic acids is 1. The molecule has 0 unspecified atom stereocenters. The minimum absolute atomic E-state index is 0.117. The van der Waals surface area contributed by atoms with Crippen molar-refractivity contribution in [2.75, 3.05) is 25.6 Å². The molecular weight excluding hydrogens is 230 g/mol. The summed E-state index contributed by atoms with van der Waals surface area (Å²) in [6, 6.07) is 3.69. The van der Waals surface area contributed by atoms with Crippen LogP contribution in [0, 0.1) is 0 Å². The number of pyridine rings is 1. The van der Waals surface area contributed by atoms with Crippen LogP contribution in [0.2, 0.25) is 0 Å². The maximum absolute atomic E-state index is 11.7. The van der Waals surface area contributed by atoms with Crippen molar-refractivity contribution in [1.82, 2.24) is 10.3 Å². The first-order chi connectivity index (χ1) is 8.63. The molecule has 0 radical (unpaired) electrons. The van der Waals surface area contributed by atoms with Crippen molar-refractivity contribution in [2.45, 2.75) is 26.3 Å². The first-order valence-electron chi connectivity index (χ1n) is 6.13. The van der Waals surface area contributed by atoms with Gasteiger partial charge in [0.2, 0.25) is 0 Å². The topological polar surface area (TPSA) is 63.2 Å². The lowest BCUT2D eigenvalue weighted by molar-refractivity contribution is 0.0938. The SMILES string of the molecule is COCCCNc1ccc(C(=O)NC(C)C)nc1. The van der Waals surface area contributed by atoms with Crippen LogP contribution >= 0.6 is 0 Å². The summed E-state index contributed by atoms with van der Waals surface area (Å²) in [7, 11) is 1.68. The molecule has 2 N–H and O–H groups in total. The summed E-state index contributed by atoms with van der Waals surface area (Å²) in [5, 5.41) is 6.01. The van der Waals surface area contributed by atoms with E-state index in [4.69, 9.17) is 4.74 Å². The largest absolute Gasteiger partial charge is 0.385 e. The second kappa shape index (κ2) is 7.66. The Morgan fingerprint density at radius 1 is 1.44 bits per heavy atom. The van der Waals surface area contributed by atoms with Gasteiger partial charge < -0.3 is 15.4 Å². The average molecular weight is 251 g/mol. The lowest BCUT2D eigenvalue weighted by Crippen LogP contribution is -2.30. The fourth-order valence-electron chi connectivity index (χ4n) is 1.42. The number of hydrogen-bond donors (Lipinski definition) is 2. The number of nitrogens with zero attached hydrogens (tertiary/aromatic N) is 1. The number of hydrogen-bond acceptors (Lipinski definition) is 4. The van der Waals surface area contributed by atoms with E-state index in [-0.39, 0.29) is 11.9 Å². The first-order valence-corrected chi connectivity index (χ1v) is 6.13. The van der Waals surface area contributed by atoms with Crippen LogP contribution in [0.4, 0.5) is 5.69 Å². The molecule has 0 aliphatic heterocycles. The Kier molecular flexibility index (Phi) is 6.14. The van der Waals surface area contributed by atoms with Gasteiger partial charge in [-0.05, 0) is 32.4 Å². The van der Waals surface area contributed by atoms with Crippen molar-refractivity contribution < 1.29 is 9.53 Å². The molecule has 0 aliphatic rings. The Morgan fingerprint density at radius 2 is 2.22 bits per heavy atom. The highest BCUT2D eigenvalue weighted by Gasteiger charge is 2.07. The van der Waals surface area contributed by atoms with Gasteiger partial charge in [0.25, 0.3) is 5.91 Å². The third kappa shape index (κ3) is 5.14. The van der Waals surface area contributed by atoms with E-state index in [1.54, 1.807) is 19.4 Å². The summed E-state index contributed by atoms with van der Waals surface area (Å²) >= 11 is 0. The standard InChI is InChI=1S/C13H21N3O2/c1-10(2)16-13(17)12-6-5-11(9-15-12)14-7-4-8-18-3/h5-6,9-10,14H,4,7-8H2,1-3H3,(H,16,17). The summed E-state index contributed by atoms with van der Waals surface area (Å²) in [6.45, 7) is 5.40. The monoisotopic (exact) mass is 251 g/mol.